The largest absolute Gasteiger partial charge is 0.493 e. The molecule has 0 aliphatic carbocycles. The van der Waals surface area contributed by atoms with Gasteiger partial charge in [-0.2, -0.15) is 0 Å². The van der Waals surface area contributed by atoms with Crippen LogP contribution < -0.4 is 4.74 Å². The standard InChI is InChI=1S/C10H11ClO/c1-7-4-5-12-10-3-2-8(11)6-9(7)10/h2-3,6-7H,4-5H2,1H3. The molecule has 0 saturated heterocycles. The van der Waals surface area contributed by atoms with E-state index < -0.39 is 0 Å². The summed E-state index contributed by atoms with van der Waals surface area (Å²) in [5.41, 5.74) is 1.24. The minimum absolute atomic E-state index is 0.576. The van der Waals surface area contributed by atoms with Gasteiger partial charge in [0.15, 0.2) is 0 Å². The second-order valence-electron chi connectivity index (χ2n) is 3.22. The third-order valence-electron chi connectivity index (χ3n) is 2.31. The minimum atomic E-state index is 0.576. The van der Waals surface area contributed by atoms with Gasteiger partial charge in [-0.15, -0.1) is 0 Å². The van der Waals surface area contributed by atoms with Gasteiger partial charge in [0, 0.05) is 5.02 Å². The lowest BCUT2D eigenvalue weighted by Crippen LogP contribution is -2.11. The Kier molecular flexibility index (Phi) is 1.97. The summed E-state index contributed by atoms with van der Waals surface area (Å²) in [4.78, 5) is 0. The molecule has 2 rings (SSSR count). The fourth-order valence-electron chi connectivity index (χ4n) is 1.54. The maximum Gasteiger partial charge on any atom is 0.122 e. The van der Waals surface area contributed by atoms with Crippen LogP contribution in [-0.4, -0.2) is 6.61 Å². The van der Waals surface area contributed by atoms with E-state index in [2.05, 4.69) is 6.92 Å². The van der Waals surface area contributed by atoms with Crippen molar-refractivity contribution in [2.75, 3.05) is 6.61 Å². The van der Waals surface area contributed by atoms with Gasteiger partial charge < -0.3 is 4.74 Å². The molecule has 0 bridgehead atoms. The number of fused-ring (bicyclic) bond motifs is 1. The Balaban J connectivity index is 2.47. The average Bonchev–Trinajstić information content (AvgIpc) is 2.07. The van der Waals surface area contributed by atoms with E-state index in [0.717, 1.165) is 23.8 Å². The Labute approximate surface area is 77.3 Å². The van der Waals surface area contributed by atoms with Crippen molar-refractivity contribution < 1.29 is 4.74 Å². The average molecular weight is 183 g/mol. The van der Waals surface area contributed by atoms with Crippen LogP contribution in [0.5, 0.6) is 5.75 Å². The smallest absolute Gasteiger partial charge is 0.122 e. The molecule has 1 unspecified atom stereocenters. The molecule has 1 aromatic rings. The summed E-state index contributed by atoms with van der Waals surface area (Å²) >= 11 is 5.89. The molecule has 0 fully saturated rings. The zero-order chi connectivity index (χ0) is 8.55. The van der Waals surface area contributed by atoms with Crippen LogP contribution in [0.15, 0.2) is 18.2 Å². The van der Waals surface area contributed by atoms with Crippen molar-refractivity contribution in [1.82, 2.24) is 0 Å². The molecule has 0 amide bonds. The zero-order valence-electron chi connectivity index (χ0n) is 7.01. The maximum absolute atomic E-state index is 5.89. The molecule has 2 heteroatoms. The van der Waals surface area contributed by atoms with Gasteiger partial charge in [-0.05, 0) is 36.1 Å². The first-order chi connectivity index (χ1) is 5.77. The normalized spacial score (nSPS) is 21.3. The Morgan fingerprint density at radius 1 is 1.50 bits per heavy atom. The fourth-order valence-corrected chi connectivity index (χ4v) is 1.72. The van der Waals surface area contributed by atoms with Crippen molar-refractivity contribution in [3.05, 3.63) is 28.8 Å². The SMILES string of the molecule is CC1CCOc2ccc(Cl)cc21. The third-order valence-corrected chi connectivity index (χ3v) is 2.55. The Hall–Kier alpha value is -0.690. The van der Waals surface area contributed by atoms with Crippen LogP contribution >= 0.6 is 11.6 Å². The van der Waals surface area contributed by atoms with E-state index in [9.17, 15) is 0 Å². The summed E-state index contributed by atoms with van der Waals surface area (Å²) in [7, 11) is 0. The predicted octanol–water partition coefficient (Wildman–Crippen LogP) is 3.23. The van der Waals surface area contributed by atoms with Gasteiger partial charge in [0.1, 0.15) is 5.75 Å². The minimum Gasteiger partial charge on any atom is -0.493 e. The molecule has 1 nitrogen and oxygen atoms in total. The van der Waals surface area contributed by atoms with E-state index in [0.29, 0.717) is 5.92 Å². The molecule has 1 aliphatic heterocycles. The highest BCUT2D eigenvalue weighted by atomic mass is 35.5. The summed E-state index contributed by atoms with van der Waals surface area (Å²) in [5.74, 6) is 1.57. The van der Waals surface area contributed by atoms with Crippen LogP contribution in [0.4, 0.5) is 0 Å². The lowest BCUT2D eigenvalue weighted by molar-refractivity contribution is 0.272. The maximum atomic E-state index is 5.89. The molecule has 0 spiro atoms. The number of hydrogen-bond acceptors (Lipinski definition) is 1. The van der Waals surface area contributed by atoms with Crippen molar-refractivity contribution in [3.8, 4) is 5.75 Å². The summed E-state index contributed by atoms with van der Waals surface area (Å²) in [6.45, 7) is 3.04. The summed E-state index contributed by atoms with van der Waals surface area (Å²) < 4.78 is 5.49. The predicted molar refractivity (Wildman–Crippen MR) is 50.0 cm³/mol. The van der Waals surface area contributed by atoms with Crippen LogP contribution in [0.2, 0.25) is 5.02 Å². The van der Waals surface area contributed by atoms with Crippen molar-refractivity contribution in [1.29, 1.82) is 0 Å². The first-order valence-corrected chi connectivity index (χ1v) is 4.57. The van der Waals surface area contributed by atoms with Crippen LogP contribution in [0.3, 0.4) is 0 Å². The quantitative estimate of drug-likeness (QED) is 0.599. The lowest BCUT2D eigenvalue weighted by Gasteiger charge is -2.22. The van der Waals surface area contributed by atoms with Crippen molar-refractivity contribution in [2.24, 2.45) is 0 Å². The second-order valence-corrected chi connectivity index (χ2v) is 3.66. The zero-order valence-corrected chi connectivity index (χ0v) is 7.77. The van der Waals surface area contributed by atoms with Gasteiger partial charge >= 0.3 is 0 Å². The van der Waals surface area contributed by atoms with Crippen LogP contribution in [-0.2, 0) is 0 Å². The molecule has 1 aromatic carbocycles. The molecule has 0 saturated carbocycles. The molecule has 1 heterocycles. The van der Waals surface area contributed by atoms with E-state index >= 15 is 0 Å². The number of ether oxygens (including phenoxy) is 1. The van der Waals surface area contributed by atoms with Gasteiger partial charge in [0.05, 0.1) is 6.61 Å². The van der Waals surface area contributed by atoms with E-state index in [1.807, 2.05) is 18.2 Å². The number of benzene rings is 1. The van der Waals surface area contributed by atoms with Gasteiger partial charge in [-0.25, -0.2) is 0 Å². The fraction of sp³-hybridized carbons (Fsp3) is 0.400. The first kappa shape index (κ1) is 7.93. The molecule has 0 N–H and O–H groups in total. The molecule has 12 heavy (non-hydrogen) atoms. The number of rotatable bonds is 0. The van der Waals surface area contributed by atoms with Gasteiger partial charge in [-0.3, -0.25) is 0 Å². The van der Waals surface area contributed by atoms with Gasteiger partial charge in [-0.1, -0.05) is 18.5 Å². The Morgan fingerprint density at radius 3 is 3.17 bits per heavy atom. The van der Waals surface area contributed by atoms with Gasteiger partial charge in [0.2, 0.25) is 0 Å². The highest BCUT2D eigenvalue weighted by molar-refractivity contribution is 6.30. The van der Waals surface area contributed by atoms with Crippen LogP contribution in [0.1, 0.15) is 24.8 Å². The molecular weight excluding hydrogens is 172 g/mol. The lowest BCUT2D eigenvalue weighted by atomic mass is 9.95. The molecule has 0 aromatic heterocycles. The van der Waals surface area contributed by atoms with E-state index in [1.54, 1.807) is 0 Å². The van der Waals surface area contributed by atoms with E-state index in [4.69, 9.17) is 16.3 Å². The first-order valence-electron chi connectivity index (χ1n) is 4.19. The molecule has 0 radical (unpaired) electrons. The summed E-state index contributed by atoms with van der Waals surface area (Å²) in [6.07, 6.45) is 1.09. The monoisotopic (exact) mass is 182 g/mol. The van der Waals surface area contributed by atoms with E-state index in [-0.39, 0.29) is 0 Å². The second kappa shape index (κ2) is 2.98. The third kappa shape index (κ3) is 1.29. The Bertz CT molecular complexity index is 296. The van der Waals surface area contributed by atoms with Crippen LogP contribution in [0.25, 0.3) is 0 Å². The molecular formula is C10H11ClO. The molecule has 1 aliphatic rings. The van der Waals surface area contributed by atoms with Crippen molar-refractivity contribution >= 4 is 11.6 Å². The summed E-state index contributed by atoms with van der Waals surface area (Å²) in [5, 5.41) is 0.797. The Morgan fingerprint density at radius 2 is 2.33 bits per heavy atom. The summed E-state index contributed by atoms with van der Waals surface area (Å²) in [6, 6.07) is 5.83. The van der Waals surface area contributed by atoms with Gasteiger partial charge in [0.25, 0.3) is 0 Å². The van der Waals surface area contributed by atoms with Crippen molar-refractivity contribution in [3.63, 3.8) is 0 Å². The molecule has 1 atom stereocenters. The number of halogens is 1. The highest BCUT2D eigenvalue weighted by Gasteiger charge is 2.17. The van der Waals surface area contributed by atoms with Crippen molar-refractivity contribution in [2.45, 2.75) is 19.3 Å². The van der Waals surface area contributed by atoms with E-state index in [1.165, 1.54) is 5.56 Å². The van der Waals surface area contributed by atoms with Crippen LogP contribution in [0, 0.1) is 0 Å². The number of hydrogen-bond donors (Lipinski definition) is 0. The molecule has 64 valence electrons. The highest BCUT2D eigenvalue weighted by Crippen LogP contribution is 2.34. The topological polar surface area (TPSA) is 9.23 Å².